The van der Waals surface area contributed by atoms with Gasteiger partial charge in [-0.05, 0) is 25.5 Å². The minimum Gasteiger partial charge on any atom is -0.497 e. The van der Waals surface area contributed by atoms with Crippen LogP contribution < -0.4 is 10.2 Å². The lowest BCUT2D eigenvalue weighted by Gasteiger charge is -2.06. The summed E-state index contributed by atoms with van der Waals surface area (Å²) in [6.07, 6.45) is 0.126. The molecule has 0 aliphatic heterocycles. The van der Waals surface area contributed by atoms with Gasteiger partial charge in [0.25, 0.3) is 0 Å². The van der Waals surface area contributed by atoms with E-state index >= 15 is 0 Å². The highest BCUT2D eigenvalue weighted by molar-refractivity contribution is 5.83. The Balaban J connectivity index is 2.70. The Morgan fingerprint density at radius 1 is 1.33 bits per heavy atom. The fourth-order valence-electron chi connectivity index (χ4n) is 1.96. The molecule has 4 heteroatoms. The second-order valence-electron chi connectivity index (χ2n) is 4.27. The molecule has 0 aliphatic carbocycles. The van der Waals surface area contributed by atoms with E-state index in [4.69, 9.17) is 9.15 Å². The monoisotopic (exact) mass is 246 g/mol. The third-order valence-electron chi connectivity index (χ3n) is 2.71. The fourth-order valence-corrected chi connectivity index (χ4v) is 1.96. The minimum atomic E-state index is -0.132. The zero-order chi connectivity index (χ0) is 13.3. The van der Waals surface area contributed by atoms with E-state index in [0.29, 0.717) is 22.5 Å². The van der Waals surface area contributed by atoms with E-state index in [1.807, 2.05) is 6.92 Å². The summed E-state index contributed by atoms with van der Waals surface area (Å²) in [7, 11) is 1.55. The number of carbonyl (C=O) groups excluding carboxylic acids is 1. The van der Waals surface area contributed by atoms with Gasteiger partial charge in [0.2, 0.25) is 0 Å². The van der Waals surface area contributed by atoms with Crippen LogP contribution in [0.5, 0.6) is 5.75 Å². The first-order valence-electron chi connectivity index (χ1n) is 5.62. The maximum absolute atomic E-state index is 12.0. The third kappa shape index (κ3) is 2.27. The number of Topliss-reactive ketones (excluding diaryl/α,β-unsaturated/α-hetero) is 1. The molecule has 0 unspecified atom stereocenters. The Morgan fingerprint density at radius 3 is 2.67 bits per heavy atom. The van der Waals surface area contributed by atoms with Gasteiger partial charge in [-0.15, -0.1) is 0 Å². The summed E-state index contributed by atoms with van der Waals surface area (Å²) in [5, 5.41) is 0.531. The third-order valence-corrected chi connectivity index (χ3v) is 2.71. The molecule has 1 aromatic heterocycles. The number of benzene rings is 1. The molecule has 0 bridgehead atoms. The molecule has 1 aromatic carbocycles. The molecule has 0 atom stereocenters. The predicted molar refractivity (Wildman–Crippen MR) is 68.2 cm³/mol. The van der Waals surface area contributed by atoms with Crippen molar-refractivity contribution in [2.75, 3.05) is 7.11 Å². The Hall–Kier alpha value is -2.10. The maximum atomic E-state index is 12.0. The number of ketones is 1. The second-order valence-corrected chi connectivity index (χ2v) is 4.27. The largest absolute Gasteiger partial charge is 0.497 e. The Morgan fingerprint density at radius 2 is 2.06 bits per heavy atom. The SMILES string of the molecule is COc1cc(C)c2c(=O)cc(CC(C)=O)oc2c1. The molecule has 0 amide bonds. The molecule has 94 valence electrons. The highest BCUT2D eigenvalue weighted by atomic mass is 16.5. The van der Waals surface area contributed by atoms with E-state index in [1.54, 1.807) is 19.2 Å². The van der Waals surface area contributed by atoms with Gasteiger partial charge in [-0.2, -0.15) is 0 Å². The summed E-state index contributed by atoms with van der Waals surface area (Å²) in [5.74, 6) is 0.966. The molecule has 0 aliphatic rings. The Kier molecular flexibility index (Phi) is 3.19. The number of methoxy groups -OCH3 is 1. The molecular formula is C14H14O4. The highest BCUT2D eigenvalue weighted by Gasteiger charge is 2.10. The van der Waals surface area contributed by atoms with Gasteiger partial charge in [0, 0.05) is 12.1 Å². The Bertz CT molecular complexity index is 667. The van der Waals surface area contributed by atoms with Gasteiger partial charge < -0.3 is 9.15 Å². The van der Waals surface area contributed by atoms with Crippen LogP contribution in [0, 0.1) is 6.92 Å². The molecule has 0 saturated carbocycles. The lowest BCUT2D eigenvalue weighted by atomic mass is 10.1. The molecule has 0 N–H and O–H groups in total. The maximum Gasteiger partial charge on any atom is 0.193 e. The van der Waals surface area contributed by atoms with Crippen LogP contribution in [0.2, 0.25) is 0 Å². The number of aryl methyl sites for hydroxylation is 1. The molecule has 18 heavy (non-hydrogen) atoms. The molecule has 0 radical (unpaired) electrons. The van der Waals surface area contributed by atoms with Crippen molar-refractivity contribution < 1.29 is 13.9 Å². The topological polar surface area (TPSA) is 56.5 Å². The van der Waals surface area contributed by atoms with E-state index in [9.17, 15) is 9.59 Å². The van der Waals surface area contributed by atoms with E-state index in [-0.39, 0.29) is 17.6 Å². The second kappa shape index (κ2) is 4.64. The van der Waals surface area contributed by atoms with Crippen LogP contribution in [0.1, 0.15) is 18.2 Å². The number of rotatable bonds is 3. The van der Waals surface area contributed by atoms with Gasteiger partial charge in [-0.1, -0.05) is 0 Å². The lowest BCUT2D eigenvalue weighted by Crippen LogP contribution is -2.06. The van der Waals surface area contributed by atoms with Gasteiger partial charge >= 0.3 is 0 Å². The standard InChI is InChI=1S/C14H14O4/c1-8-4-10(17-3)7-13-14(8)12(16)6-11(18-13)5-9(2)15/h4,6-7H,5H2,1-3H3. The van der Waals surface area contributed by atoms with Crippen molar-refractivity contribution in [3.8, 4) is 5.75 Å². The molecular weight excluding hydrogens is 232 g/mol. The van der Waals surface area contributed by atoms with Crippen LogP contribution in [0.4, 0.5) is 0 Å². The average Bonchev–Trinajstić information content (AvgIpc) is 2.26. The van der Waals surface area contributed by atoms with Gasteiger partial charge in [-0.3, -0.25) is 9.59 Å². The highest BCUT2D eigenvalue weighted by Crippen LogP contribution is 2.23. The fraction of sp³-hybridized carbons (Fsp3) is 0.286. The molecule has 0 spiro atoms. The van der Waals surface area contributed by atoms with Crippen LogP contribution in [-0.2, 0) is 11.2 Å². The van der Waals surface area contributed by atoms with Crippen LogP contribution in [0.25, 0.3) is 11.0 Å². The summed E-state index contributed by atoms with van der Waals surface area (Å²) in [5.41, 5.74) is 1.12. The van der Waals surface area contributed by atoms with Crippen molar-refractivity contribution in [1.29, 1.82) is 0 Å². The summed E-state index contributed by atoms with van der Waals surface area (Å²) in [6, 6.07) is 4.82. The number of hydrogen-bond acceptors (Lipinski definition) is 4. The van der Waals surface area contributed by atoms with Crippen LogP contribution in [0.15, 0.2) is 27.4 Å². The van der Waals surface area contributed by atoms with E-state index in [0.717, 1.165) is 5.56 Å². The first kappa shape index (κ1) is 12.4. The lowest BCUT2D eigenvalue weighted by molar-refractivity contribution is -0.116. The summed E-state index contributed by atoms with van der Waals surface area (Å²) in [6.45, 7) is 3.29. The Labute approximate surface area is 104 Å². The molecule has 2 rings (SSSR count). The molecule has 0 fully saturated rings. The summed E-state index contributed by atoms with van der Waals surface area (Å²) in [4.78, 5) is 23.1. The first-order valence-corrected chi connectivity index (χ1v) is 5.62. The molecule has 2 aromatic rings. The number of carbonyl (C=O) groups is 1. The quantitative estimate of drug-likeness (QED) is 0.833. The van der Waals surface area contributed by atoms with Crippen molar-refractivity contribution >= 4 is 16.8 Å². The smallest absolute Gasteiger partial charge is 0.193 e. The van der Waals surface area contributed by atoms with Gasteiger partial charge in [0.05, 0.1) is 18.9 Å². The predicted octanol–water partition coefficient (Wildman–Crippen LogP) is 2.24. The normalized spacial score (nSPS) is 10.6. The van der Waals surface area contributed by atoms with Crippen molar-refractivity contribution in [2.45, 2.75) is 20.3 Å². The minimum absolute atomic E-state index is 0.0443. The van der Waals surface area contributed by atoms with Gasteiger partial charge in [-0.25, -0.2) is 0 Å². The van der Waals surface area contributed by atoms with Crippen molar-refractivity contribution in [2.24, 2.45) is 0 Å². The zero-order valence-electron chi connectivity index (χ0n) is 10.6. The molecule has 1 heterocycles. The summed E-state index contributed by atoms with van der Waals surface area (Å²) < 4.78 is 10.7. The number of fused-ring (bicyclic) bond motifs is 1. The summed E-state index contributed by atoms with van der Waals surface area (Å²) >= 11 is 0. The number of hydrogen-bond donors (Lipinski definition) is 0. The van der Waals surface area contributed by atoms with Crippen molar-refractivity contribution in [1.82, 2.24) is 0 Å². The first-order chi connectivity index (χ1) is 8.51. The molecule has 4 nitrogen and oxygen atoms in total. The number of ether oxygens (including phenoxy) is 1. The zero-order valence-corrected chi connectivity index (χ0v) is 10.6. The molecule has 0 saturated heterocycles. The van der Waals surface area contributed by atoms with Crippen LogP contribution >= 0.6 is 0 Å². The van der Waals surface area contributed by atoms with Crippen LogP contribution in [0.3, 0.4) is 0 Å². The van der Waals surface area contributed by atoms with Gasteiger partial charge in [0.15, 0.2) is 5.43 Å². The van der Waals surface area contributed by atoms with E-state index in [2.05, 4.69) is 0 Å². The van der Waals surface area contributed by atoms with E-state index < -0.39 is 0 Å². The average molecular weight is 246 g/mol. The van der Waals surface area contributed by atoms with E-state index in [1.165, 1.54) is 13.0 Å². The van der Waals surface area contributed by atoms with Crippen molar-refractivity contribution in [3.05, 3.63) is 39.7 Å². The van der Waals surface area contributed by atoms with Gasteiger partial charge in [0.1, 0.15) is 22.9 Å². The van der Waals surface area contributed by atoms with Crippen molar-refractivity contribution in [3.63, 3.8) is 0 Å². The van der Waals surface area contributed by atoms with Crippen LogP contribution in [-0.4, -0.2) is 12.9 Å².